The van der Waals surface area contributed by atoms with E-state index in [4.69, 9.17) is 0 Å². The maximum Gasteiger partial charge on any atom is 0.191 e. The van der Waals surface area contributed by atoms with Crippen molar-refractivity contribution in [1.82, 2.24) is 10.6 Å². The highest BCUT2D eigenvalue weighted by atomic mass is 19.1. The average molecular weight is 292 g/mol. The molecular formula is C16H25FN4. The summed E-state index contributed by atoms with van der Waals surface area (Å²) in [5.41, 5.74) is 1.59. The molecule has 0 bridgehead atoms. The van der Waals surface area contributed by atoms with E-state index < -0.39 is 0 Å². The van der Waals surface area contributed by atoms with Crippen LogP contribution in [0.4, 0.5) is 10.1 Å². The number of halogens is 1. The normalized spacial score (nSPS) is 15.0. The van der Waals surface area contributed by atoms with Crippen LogP contribution in [0.2, 0.25) is 0 Å². The lowest BCUT2D eigenvalue weighted by Gasteiger charge is -2.22. The van der Waals surface area contributed by atoms with Crippen molar-refractivity contribution < 1.29 is 4.39 Å². The summed E-state index contributed by atoms with van der Waals surface area (Å²) in [6.45, 7) is 6.26. The van der Waals surface area contributed by atoms with Gasteiger partial charge in [-0.05, 0) is 44.4 Å². The van der Waals surface area contributed by atoms with Crippen LogP contribution in [0.1, 0.15) is 32.3 Å². The predicted molar refractivity (Wildman–Crippen MR) is 86.3 cm³/mol. The molecule has 0 aromatic heterocycles. The summed E-state index contributed by atoms with van der Waals surface area (Å²) in [6.07, 6.45) is 2.40. The molecule has 2 N–H and O–H groups in total. The molecule has 116 valence electrons. The molecule has 1 saturated carbocycles. The molecule has 0 unspecified atom stereocenters. The third-order valence-electron chi connectivity index (χ3n) is 3.72. The molecule has 2 rings (SSSR count). The zero-order valence-corrected chi connectivity index (χ0v) is 13.1. The van der Waals surface area contributed by atoms with Gasteiger partial charge in [0.2, 0.25) is 0 Å². The van der Waals surface area contributed by atoms with Crippen molar-refractivity contribution in [3.63, 3.8) is 0 Å². The van der Waals surface area contributed by atoms with E-state index in [0.29, 0.717) is 18.3 Å². The molecule has 1 aromatic rings. The quantitative estimate of drug-likeness (QED) is 0.625. The van der Waals surface area contributed by atoms with Crippen molar-refractivity contribution in [1.29, 1.82) is 0 Å². The number of hydrogen-bond acceptors (Lipinski definition) is 2. The van der Waals surface area contributed by atoms with E-state index in [0.717, 1.165) is 24.6 Å². The van der Waals surface area contributed by atoms with Gasteiger partial charge in [-0.1, -0.05) is 6.07 Å². The molecular weight excluding hydrogens is 267 g/mol. The van der Waals surface area contributed by atoms with Gasteiger partial charge >= 0.3 is 0 Å². The number of aliphatic imine (C=N–C) groups is 1. The first-order valence-corrected chi connectivity index (χ1v) is 7.68. The van der Waals surface area contributed by atoms with Crippen molar-refractivity contribution >= 4 is 11.6 Å². The fourth-order valence-corrected chi connectivity index (χ4v) is 2.28. The number of rotatable bonds is 6. The fourth-order valence-electron chi connectivity index (χ4n) is 2.28. The zero-order valence-electron chi connectivity index (χ0n) is 13.1. The van der Waals surface area contributed by atoms with Crippen LogP contribution in [0.15, 0.2) is 23.2 Å². The summed E-state index contributed by atoms with van der Waals surface area (Å²) in [4.78, 5) is 6.18. The predicted octanol–water partition coefficient (Wildman–Crippen LogP) is 2.50. The van der Waals surface area contributed by atoms with Gasteiger partial charge in [0.15, 0.2) is 5.96 Å². The fraction of sp³-hybridized carbons (Fsp3) is 0.562. The van der Waals surface area contributed by atoms with E-state index in [2.05, 4.69) is 15.6 Å². The Morgan fingerprint density at radius 3 is 2.57 bits per heavy atom. The minimum Gasteiger partial charge on any atom is -0.370 e. The summed E-state index contributed by atoms with van der Waals surface area (Å²) in [5, 5.41) is 6.53. The Morgan fingerprint density at radius 2 is 2.05 bits per heavy atom. The van der Waals surface area contributed by atoms with Gasteiger partial charge in [0, 0.05) is 32.7 Å². The number of anilines is 1. The van der Waals surface area contributed by atoms with Crippen LogP contribution in [0.3, 0.4) is 0 Å². The second-order valence-electron chi connectivity index (χ2n) is 5.30. The van der Waals surface area contributed by atoms with Crippen molar-refractivity contribution in [2.75, 3.05) is 25.0 Å². The first-order valence-electron chi connectivity index (χ1n) is 7.68. The molecule has 0 heterocycles. The molecule has 1 aromatic carbocycles. The highest BCUT2D eigenvalue weighted by Crippen LogP contribution is 2.20. The molecule has 1 aliphatic rings. The second-order valence-corrected chi connectivity index (χ2v) is 5.30. The molecule has 5 heteroatoms. The molecule has 0 atom stereocenters. The van der Waals surface area contributed by atoms with Gasteiger partial charge in [-0.2, -0.15) is 0 Å². The summed E-state index contributed by atoms with van der Waals surface area (Å²) in [5.74, 6) is 0.619. The molecule has 4 nitrogen and oxygen atoms in total. The third kappa shape index (κ3) is 4.34. The van der Waals surface area contributed by atoms with Gasteiger partial charge in [0.05, 0.1) is 5.69 Å². The van der Waals surface area contributed by atoms with Gasteiger partial charge in [-0.15, -0.1) is 0 Å². The van der Waals surface area contributed by atoms with E-state index in [1.807, 2.05) is 30.9 Å². The number of nitrogens with one attached hydrogen (secondary N) is 2. The van der Waals surface area contributed by atoms with E-state index in [1.54, 1.807) is 13.1 Å². The molecule has 1 fully saturated rings. The van der Waals surface area contributed by atoms with Crippen molar-refractivity contribution in [3.8, 4) is 0 Å². The summed E-state index contributed by atoms with van der Waals surface area (Å²) >= 11 is 0. The highest BCUT2D eigenvalue weighted by Gasteiger charge is 2.22. The van der Waals surface area contributed by atoms with E-state index in [1.165, 1.54) is 12.8 Å². The van der Waals surface area contributed by atoms with Crippen molar-refractivity contribution in [2.45, 2.75) is 39.3 Å². The standard InChI is InChI=1S/C16H25FN4/c1-4-21(5-2)15-9-6-12(10-14(15)17)11-19-16(18-3)20-13-7-8-13/h6,9-10,13H,4-5,7-8,11H2,1-3H3,(H2,18,19,20). The highest BCUT2D eigenvalue weighted by molar-refractivity contribution is 5.80. The Kier molecular flexibility index (Phi) is 5.42. The molecule has 0 aliphatic heterocycles. The number of guanidine groups is 1. The lowest BCUT2D eigenvalue weighted by atomic mass is 10.2. The maximum absolute atomic E-state index is 14.2. The third-order valence-corrected chi connectivity index (χ3v) is 3.72. The Balaban J connectivity index is 1.96. The largest absolute Gasteiger partial charge is 0.370 e. The van der Waals surface area contributed by atoms with Crippen LogP contribution in [-0.2, 0) is 6.54 Å². The zero-order chi connectivity index (χ0) is 15.2. The smallest absolute Gasteiger partial charge is 0.191 e. The summed E-state index contributed by atoms with van der Waals surface area (Å²) < 4.78 is 14.2. The van der Waals surface area contributed by atoms with Gasteiger partial charge in [-0.25, -0.2) is 4.39 Å². The Labute approximate surface area is 126 Å². The van der Waals surface area contributed by atoms with Crippen molar-refractivity contribution in [3.05, 3.63) is 29.6 Å². The first-order chi connectivity index (χ1) is 10.2. The SMILES string of the molecule is CCN(CC)c1ccc(CNC(=NC)NC2CC2)cc1F. The first kappa shape index (κ1) is 15.6. The molecule has 1 aliphatic carbocycles. The molecule has 0 saturated heterocycles. The average Bonchev–Trinajstić information content (AvgIpc) is 3.30. The van der Waals surface area contributed by atoms with E-state index in [9.17, 15) is 4.39 Å². The Bertz CT molecular complexity index is 493. The number of nitrogens with zero attached hydrogens (tertiary/aromatic N) is 2. The van der Waals surface area contributed by atoms with Crippen LogP contribution in [-0.4, -0.2) is 32.1 Å². The van der Waals surface area contributed by atoms with Crippen LogP contribution in [0.5, 0.6) is 0 Å². The monoisotopic (exact) mass is 292 g/mol. The van der Waals surface area contributed by atoms with Crippen LogP contribution in [0.25, 0.3) is 0 Å². The maximum atomic E-state index is 14.2. The molecule has 0 spiro atoms. The van der Waals surface area contributed by atoms with E-state index >= 15 is 0 Å². The molecule has 0 amide bonds. The van der Waals surface area contributed by atoms with Gasteiger partial charge in [0.1, 0.15) is 5.82 Å². The lowest BCUT2D eigenvalue weighted by Crippen LogP contribution is -2.38. The summed E-state index contributed by atoms with van der Waals surface area (Å²) in [7, 11) is 1.75. The Hall–Kier alpha value is -1.78. The van der Waals surface area contributed by atoms with Crippen LogP contribution < -0.4 is 15.5 Å². The minimum absolute atomic E-state index is 0.164. The Morgan fingerprint density at radius 1 is 1.33 bits per heavy atom. The number of benzene rings is 1. The minimum atomic E-state index is -0.164. The van der Waals surface area contributed by atoms with Crippen LogP contribution in [0, 0.1) is 5.82 Å². The van der Waals surface area contributed by atoms with Crippen LogP contribution >= 0.6 is 0 Å². The molecule has 0 radical (unpaired) electrons. The van der Waals surface area contributed by atoms with Gasteiger partial charge < -0.3 is 15.5 Å². The summed E-state index contributed by atoms with van der Waals surface area (Å²) in [6, 6.07) is 5.98. The van der Waals surface area contributed by atoms with Gasteiger partial charge in [-0.3, -0.25) is 4.99 Å². The second kappa shape index (κ2) is 7.29. The molecule has 21 heavy (non-hydrogen) atoms. The van der Waals surface area contributed by atoms with E-state index in [-0.39, 0.29) is 5.82 Å². The van der Waals surface area contributed by atoms with Crippen molar-refractivity contribution in [2.24, 2.45) is 4.99 Å². The topological polar surface area (TPSA) is 39.7 Å². The van der Waals surface area contributed by atoms with Gasteiger partial charge in [0.25, 0.3) is 0 Å². The lowest BCUT2D eigenvalue weighted by molar-refractivity contribution is 0.617. The number of hydrogen-bond donors (Lipinski definition) is 2.